The first-order chi connectivity index (χ1) is 7.74. The van der Waals surface area contributed by atoms with Crippen LogP contribution in [0.3, 0.4) is 0 Å². The fourth-order valence-electron chi connectivity index (χ4n) is 3.46. The number of benzene rings is 1. The van der Waals surface area contributed by atoms with Gasteiger partial charge in [-0.1, -0.05) is 37.6 Å². The van der Waals surface area contributed by atoms with Gasteiger partial charge in [-0.25, -0.2) is 0 Å². The average molecular weight is 216 g/mol. The summed E-state index contributed by atoms with van der Waals surface area (Å²) < 4.78 is 0. The molecule has 1 fully saturated rings. The van der Waals surface area contributed by atoms with Crippen LogP contribution in [-0.4, -0.2) is 10.7 Å². The van der Waals surface area contributed by atoms with Crippen molar-refractivity contribution in [3.63, 3.8) is 0 Å². The van der Waals surface area contributed by atoms with Crippen molar-refractivity contribution in [3.8, 4) is 0 Å². The molecule has 0 aromatic heterocycles. The summed E-state index contributed by atoms with van der Waals surface area (Å²) >= 11 is 0. The smallest absolute Gasteiger partial charge is 0.0711 e. The standard InChI is InChI=1S/C15H20O/c1-2-13-10-15(13,16)14-8-7-11-5-3-4-6-12(11)9-14/h3-6,13-14,16H,2,7-10H2,1H3. The minimum Gasteiger partial charge on any atom is -0.389 e. The van der Waals surface area contributed by atoms with Crippen molar-refractivity contribution < 1.29 is 5.11 Å². The van der Waals surface area contributed by atoms with E-state index in [2.05, 4.69) is 31.2 Å². The van der Waals surface area contributed by atoms with E-state index in [1.54, 1.807) is 0 Å². The second-order valence-electron chi connectivity index (χ2n) is 5.51. The lowest BCUT2D eigenvalue weighted by Crippen LogP contribution is -2.30. The first kappa shape index (κ1) is 10.3. The SMILES string of the molecule is CCC1CC1(O)C1CCc2ccccc2C1. The summed E-state index contributed by atoms with van der Waals surface area (Å²) in [6.45, 7) is 2.19. The fourth-order valence-corrected chi connectivity index (χ4v) is 3.46. The van der Waals surface area contributed by atoms with Crippen molar-refractivity contribution in [2.75, 3.05) is 0 Å². The summed E-state index contributed by atoms with van der Waals surface area (Å²) in [7, 11) is 0. The first-order valence-corrected chi connectivity index (χ1v) is 6.53. The van der Waals surface area contributed by atoms with E-state index in [1.165, 1.54) is 17.5 Å². The molecule has 2 aliphatic rings. The van der Waals surface area contributed by atoms with Gasteiger partial charge in [0.25, 0.3) is 0 Å². The van der Waals surface area contributed by atoms with E-state index in [1.807, 2.05) is 0 Å². The van der Waals surface area contributed by atoms with E-state index in [4.69, 9.17) is 0 Å². The summed E-state index contributed by atoms with van der Waals surface area (Å²) in [5.74, 6) is 1.08. The van der Waals surface area contributed by atoms with E-state index in [0.717, 1.165) is 25.7 Å². The maximum atomic E-state index is 10.5. The molecule has 1 saturated carbocycles. The summed E-state index contributed by atoms with van der Waals surface area (Å²) in [6, 6.07) is 8.71. The van der Waals surface area contributed by atoms with Gasteiger partial charge >= 0.3 is 0 Å². The average Bonchev–Trinajstić information content (AvgIpc) is 3.01. The van der Waals surface area contributed by atoms with E-state index in [0.29, 0.717) is 11.8 Å². The largest absolute Gasteiger partial charge is 0.389 e. The fraction of sp³-hybridized carbons (Fsp3) is 0.600. The zero-order valence-electron chi connectivity index (χ0n) is 9.95. The molecule has 3 rings (SSSR count). The molecule has 3 unspecified atom stereocenters. The Labute approximate surface area is 97.5 Å². The highest BCUT2D eigenvalue weighted by molar-refractivity contribution is 5.31. The van der Waals surface area contributed by atoms with Crippen LogP contribution in [0.4, 0.5) is 0 Å². The number of hydrogen-bond donors (Lipinski definition) is 1. The van der Waals surface area contributed by atoms with Crippen LogP contribution >= 0.6 is 0 Å². The maximum absolute atomic E-state index is 10.5. The number of aryl methyl sites for hydroxylation is 1. The Morgan fingerprint density at radius 3 is 2.75 bits per heavy atom. The van der Waals surface area contributed by atoms with E-state index in [9.17, 15) is 5.11 Å². The van der Waals surface area contributed by atoms with Gasteiger partial charge in [-0.2, -0.15) is 0 Å². The third-order valence-electron chi connectivity index (χ3n) is 4.67. The molecule has 0 heterocycles. The van der Waals surface area contributed by atoms with Crippen molar-refractivity contribution >= 4 is 0 Å². The highest BCUT2D eigenvalue weighted by Crippen LogP contribution is 2.54. The normalized spacial score (nSPS) is 36.9. The third kappa shape index (κ3) is 1.49. The van der Waals surface area contributed by atoms with Gasteiger partial charge in [0.05, 0.1) is 5.60 Å². The minimum absolute atomic E-state index is 0.317. The Morgan fingerprint density at radius 1 is 1.31 bits per heavy atom. The number of rotatable bonds is 2. The molecule has 1 aromatic carbocycles. The Morgan fingerprint density at radius 2 is 2.06 bits per heavy atom. The van der Waals surface area contributed by atoms with Gasteiger partial charge in [0.15, 0.2) is 0 Å². The van der Waals surface area contributed by atoms with Crippen LogP contribution in [0.2, 0.25) is 0 Å². The molecule has 0 bridgehead atoms. The molecule has 1 N–H and O–H groups in total. The Hall–Kier alpha value is -0.820. The lowest BCUT2D eigenvalue weighted by molar-refractivity contribution is 0.0568. The molecule has 0 saturated heterocycles. The molecule has 3 atom stereocenters. The topological polar surface area (TPSA) is 20.2 Å². The van der Waals surface area contributed by atoms with Gasteiger partial charge in [0.1, 0.15) is 0 Å². The van der Waals surface area contributed by atoms with Crippen molar-refractivity contribution in [2.24, 2.45) is 11.8 Å². The van der Waals surface area contributed by atoms with Crippen LogP contribution in [0.1, 0.15) is 37.3 Å². The minimum atomic E-state index is -0.317. The molecule has 0 spiro atoms. The predicted molar refractivity (Wildman–Crippen MR) is 65.3 cm³/mol. The lowest BCUT2D eigenvalue weighted by Gasteiger charge is -2.29. The third-order valence-corrected chi connectivity index (χ3v) is 4.67. The summed E-state index contributed by atoms with van der Waals surface area (Å²) in [4.78, 5) is 0. The molecular weight excluding hydrogens is 196 g/mol. The van der Waals surface area contributed by atoms with Crippen molar-refractivity contribution in [3.05, 3.63) is 35.4 Å². The molecule has 2 aliphatic carbocycles. The first-order valence-electron chi connectivity index (χ1n) is 6.53. The summed E-state index contributed by atoms with van der Waals surface area (Å²) in [5, 5.41) is 10.5. The summed E-state index contributed by atoms with van der Waals surface area (Å²) in [5.41, 5.74) is 2.65. The molecule has 16 heavy (non-hydrogen) atoms. The number of hydrogen-bond acceptors (Lipinski definition) is 1. The zero-order valence-corrected chi connectivity index (χ0v) is 9.95. The van der Waals surface area contributed by atoms with Crippen LogP contribution in [-0.2, 0) is 12.8 Å². The van der Waals surface area contributed by atoms with Gasteiger partial charge in [0.2, 0.25) is 0 Å². The maximum Gasteiger partial charge on any atom is 0.0711 e. The molecular formula is C15H20O. The number of fused-ring (bicyclic) bond motifs is 1. The van der Waals surface area contributed by atoms with Crippen molar-refractivity contribution in [2.45, 2.75) is 44.6 Å². The van der Waals surface area contributed by atoms with Crippen LogP contribution in [0, 0.1) is 11.8 Å². The van der Waals surface area contributed by atoms with Crippen molar-refractivity contribution in [1.82, 2.24) is 0 Å². The van der Waals surface area contributed by atoms with Crippen LogP contribution in [0.15, 0.2) is 24.3 Å². The zero-order chi connectivity index (χ0) is 11.2. The van der Waals surface area contributed by atoms with Crippen molar-refractivity contribution in [1.29, 1.82) is 0 Å². The predicted octanol–water partition coefficient (Wildman–Crippen LogP) is 2.95. The summed E-state index contributed by atoms with van der Waals surface area (Å²) in [6.07, 6.45) is 5.58. The molecule has 1 nitrogen and oxygen atoms in total. The molecule has 0 radical (unpaired) electrons. The Kier molecular flexibility index (Phi) is 2.32. The quantitative estimate of drug-likeness (QED) is 0.806. The van der Waals surface area contributed by atoms with Gasteiger partial charge in [-0.3, -0.25) is 0 Å². The molecule has 1 aromatic rings. The van der Waals surface area contributed by atoms with E-state index in [-0.39, 0.29) is 5.60 Å². The Balaban J connectivity index is 1.79. The second kappa shape index (κ2) is 3.59. The highest BCUT2D eigenvalue weighted by atomic mass is 16.3. The van der Waals surface area contributed by atoms with E-state index < -0.39 is 0 Å². The Bertz CT molecular complexity index is 398. The van der Waals surface area contributed by atoms with Crippen LogP contribution in [0.25, 0.3) is 0 Å². The lowest BCUT2D eigenvalue weighted by atomic mass is 9.79. The monoisotopic (exact) mass is 216 g/mol. The molecule has 86 valence electrons. The van der Waals surface area contributed by atoms with Crippen LogP contribution in [0.5, 0.6) is 0 Å². The van der Waals surface area contributed by atoms with Crippen LogP contribution < -0.4 is 0 Å². The molecule has 1 heteroatoms. The van der Waals surface area contributed by atoms with Gasteiger partial charge in [0, 0.05) is 0 Å². The van der Waals surface area contributed by atoms with Gasteiger partial charge in [-0.15, -0.1) is 0 Å². The highest BCUT2D eigenvalue weighted by Gasteiger charge is 2.56. The number of aliphatic hydroxyl groups is 1. The van der Waals surface area contributed by atoms with E-state index >= 15 is 0 Å². The van der Waals surface area contributed by atoms with Gasteiger partial charge < -0.3 is 5.11 Å². The van der Waals surface area contributed by atoms with Gasteiger partial charge in [-0.05, 0) is 48.6 Å². The molecule has 0 amide bonds. The molecule has 0 aliphatic heterocycles. The second-order valence-corrected chi connectivity index (χ2v) is 5.51.